The topological polar surface area (TPSA) is 31.2 Å². The Morgan fingerprint density at radius 1 is 1.05 bits per heavy atom. The number of aromatic nitrogens is 1. The highest BCUT2D eigenvalue weighted by atomic mass is 16.6. The van der Waals surface area contributed by atoms with Crippen molar-refractivity contribution in [3.8, 4) is 0 Å². The van der Waals surface area contributed by atoms with Crippen molar-refractivity contribution in [2.75, 3.05) is 0 Å². The Bertz CT molecular complexity index is 603. The van der Waals surface area contributed by atoms with E-state index in [1.807, 2.05) is 75.4 Å². The molecule has 0 unspecified atom stereocenters. The Hall–Kier alpha value is -2.29. The maximum absolute atomic E-state index is 12.1. The molecule has 3 nitrogen and oxygen atoms in total. The fourth-order valence-corrected chi connectivity index (χ4v) is 1.75. The zero-order chi connectivity index (χ0) is 14.6. The third kappa shape index (κ3) is 3.85. The number of carbonyl (C=O) groups excluding carboxylic acids is 1. The summed E-state index contributed by atoms with van der Waals surface area (Å²) in [7, 11) is 0. The summed E-state index contributed by atoms with van der Waals surface area (Å²) < 4.78 is 6.87. The summed E-state index contributed by atoms with van der Waals surface area (Å²) >= 11 is 0. The van der Waals surface area contributed by atoms with Crippen LogP contribution in [0.1, 0.15) is 32.0 Å². The first-order valence-corrected chi connectivity index (χ1v) is 6.59. The van der Waals surface area contributed by atoms with Crippen molar-refractivity contribution in [1.82, 2.24) is 4.57 Å². The van der Waals surface area contributed by atoms with Gasteiger partial charge in [-0.1, -0.05) is 36.4 Å². The summed E-state index contributed by atoms with van der Waals surface area (Å²) in [4.78, 5) is 12.1. The summed E-state index contributed by atoms with van der Waals surface area (Å²) in [5, 5.41) is 0. The Labute approximate surface area is 119 Å². The van der Waals surface area contributed by atoms with E-state index in [0.717, 1.165) is 11.3 Å². The van der Waals surface area contributed by atoms with Gasteiger partial charge in [-0.15, -0.1) is 0 Å². The van der Waals surface area contributed by atoms with Gasteiger partial charge in [-0.25, -0.2) is 4.79 Å². The first-order valence-electron chi connectivity index (χ1n) is 6.59. The van der Waals surface area contributed by atoms with Gasteiger partial charge in [-0.05, 0) is 44.5 Å². The van der Waals surface area contributed by atoms with Gasteiger partial charge >= 0.3 is 6.09 Å². The van der Waals surface area contributed by atoms with Crippen molar-refractivity contribution < 1.29 is 9.53 Å². The highest BCUT2D eigenvalue weighted by Crippen LogP contribution is 2.13. The molecule has 1 aromatic heterocycles. The van der Waals surface area contributed by atoms with Crippen LogP contribution in [-0.2, 0) is 4.74 Å². The second-order valence-corrected chi connectivity index (χ2v) is 5.53. The largest absolute Gasteiger partial charge is 0.443 e. The van der Waals surface area contributed by atoms with Gasteiger partial charge in [0.25, 0.3) is 0 Å². The average molecular weight is 269 g/mol. The van der Waals surface area contributed by atoms with Gasteiger partial charge in [-0.2, -0.15) is 0 Å². The van der Waals surface area contributed by atoms with Crippen LogP contribution in [0.5, 0.6) is 0 Å². The number of benzene rings is 1. The third-order valence-electron chi connectivity index (χ3n) is 2.62. The molecule has 0 saturated heterocycles. The van der Waals surface area contributed by atoms with E-state index in [4.69, 9.17) is 4.74 Å². The van der Waals surface area contributed by atoms with E-state index in [9.17, 15) is 4.79 Å². The van der Waals surface area contributed by atoms with Crippen LogP contribution >= 0.6 is 0 Å². The Morgan fingerprint density at radius 3 is 2.40 bits per heavy atom. The minimum atomic E-state index is -0.498. The second-order valence-electron chi connectivity index (χ2n) is 5.53. The van der Waals surface area contributed by atoms with Crippen LogP contribution in [0.15, 0.2) is 48.7 Å². The van der Waals surface area contributed by atoms with Crippen molar-refractivity contribution >= 4 is 18.2 Å². The predicted octanol–water partition coefficient (Wildman–Crippen LogP) is 4.44. The van der Waals surface area contributed by atoms with E-state index in [1.54, 1.807) is 6.20 Å². The van der Waals surface area contributed by atoms with Crippen molar-refractivity contribution in [1.29, 1.82) is 0 Å². The maximum Gasteiger partial charge on any atom is 0.418 e. The van der Waals surface area contributed by atoms with Crippen LogP contribution in [0.25, 0.3) is 12.2 Å². The monoisotopic (exact) mass is 269 g/mol. The molecule has 3 heteroatoms. The maximum atomic E-state index is 12.1. The molecule has 0 aliphatic carbocycles. The van der Waals surface area contributed by atoms with Crippen molar-refractivity contribution in [2.24, 2.45) is 0 Å². The standard InChI is InChI=1S/C17H19NO2/c1-17(2,3)20-16(19)18-13-7-10-15(18)12-11-14-8-5-4-6-9-14/h4-13H,1-3H3. The normalized spacial score (nSPS) is 11.8. The Balaban J connectivity index is 2.17. The van der Waals surface area contributed by atoms with Crippen LogP contribution < -0.4 is 0 Å². The molecule has 1 heterocycles. The molecule has 0 amide bonds. The van der Waals surface area contributed by atoms with Gasteiger partial charge in [0.05, 0.1) is 5.69 Å². The van der Waals surface area contributed by atoms with Crippen LogP contribution in [0.4, 0.5) is 4.79 Å². The van der Waals surface area contributed by atoms with E-state index in [0.29, 0.717) is 0 Å². The van der Waals surface area contributed by atoms with Crippen LogP contribution in [0.2, 0.25) is 0 Å². The van der Waals surface area contributed by atoms with Crippen molar-refractivity contribution in [2.45, 2.75) is 26.4 Å². The van der Waals surface area contributed by atoms with Gasteiger partial charge in [0.2, 0.25) is 0 Å². The van der Waals surface area contributed by atoms with E-state index in [1.165, 1.54) is 4.57 Å². The molecule has 0 bridgehead atoms. The van der Waals surface area contributed by atoms with Gasteiger partial charge < -0.3 is 4.74 Å². The molecule has 0 N–H and O–H groups in total. The fraction of sp³-hybridized carbons (Fsp3) is 0.235. The van der Waals surface area contributed by atoms with Gasteiger partial charge in [0, 0.05) is 6.20 Å². The average Bonchev–Trinajstić information content (AvgIpc) is 2.84. The van der Waals surface area contributed by atoms with Gasteiger partial charge in [-0.3, -0.25) is 4.57 Å². The zero-order valence-corrected chi connectivity index (χ0v) is 12.0. The molecule has 0 aliphatic rings. The highest BCUT2D eigenvalue weighted by Gasteiger charge is 2.18. The molecular weight excluding hydrogens is 250 g/mol. The highest BCUT2D eigenvalue weighted by molar-refractivity contribution is 5.78. The molecule has 2 aromatic rings. The van der Waals surface area contributed by atoms with Crippen molar-refractivity contribution in [3.05, 3.63) is 59.9 Å². The number of nitrogens with zero attached hydrogens (tertiary/aromatic N) is 1. The van der Waals surface area contributed by atoms with Gasteiger partial charge in [0.15, 0.2) is 0 Å². The molecule has 0 aliphatic heterocycles. The fourth-order valence-electron chi connectivity index (χ4n) is 1.75. The second kappa shape index (κ2) is 5.78. The molecule has 0 atom stereocenters. The summed E-state index contributed by atoms with van der Waals surface area (Å²) in [6.07, 6.45) is 5.21. The number of ether oxygens (including phenoxy) is 1. The summed E-state index contributed by atoms with van der Waals surface area (Å²) in [6, 6.07) is 13.7. The lowest BCUT2D eigenvalue weighted by molar-refractivity contribution is 0.0536. The lowest BCUT2D eigenvalue weighted by Gasteiger charge is -2.20. The molecule has 2 rings (SSSR count). The first-order chi connectivity index (χ1) is 9.46. The molecule has 20 heavy (non-hydrogen) atoms. The smallest absolute Gasteiger partial charge is 0.418 e. The van der Waals surface area contributed by atoms with Crippen LogP contribution in [-0.4, -0.2) is 16.3 Å². The number of carbonyl (C=O) groups is 1. The lowest BCUT2D eigenvalue weighted by atomic mass is 10.2. The van der Waals surface area contributed by atoms with Gasteiger partial charge in [0.1, 0.15) is 5.60 Å². The SMILES string of the molecule is CC(C)(C)OC(=O)n1cccc1C=Cc1ccccc1. The van der Waals surface area contributed by atoms with E-state index in [2.05, 4.69) is 0 Å². The van der Waals surface area contributed by atoms with E-state index >= 15 is 0 Å². The molecule has 0 spiro atoms. The summed E-state index contributed by atoms with van der Waals surface area (Å²) in [5.41, 5.74) is 1.38. The molecule has 104 valence electrons. The predicted molar refractivity (Wildman–Crippen MR) is 81.4 cm³/mol. The Morgan fingerprint density at radius 2 is 1.75 bits per heavy atom. The minimum Gasteiger partial charge on any atom is -0.443 e. The Kier molecular flexibility index (Phi) is 4.08. The first kappa shape index (κ1) is 14.1. The van der Waals surface area contributed by atoms with Crippen molar-refractivity contribution in [3.63, 3.8) is 0 Å². The third-order valence-corrected chi connectivity index (χ3v) is 2.62. The summed E-state index contributed by atoms with van der Waals surface area (Å²) in [5.74, 6) is 0. The zero-order valence-electron chi connectivity index (χ0n) is 12.0. The van der Waals surface area contributed by atoms with E-state index in [-0.39, 0.29) is 6.09 Å². The molecule has 1 aromatic carbocycles. The molecule has 0 radical (unpaired) electrons. The number of hydrogen-bond donors (Lipinski definition) is 0. The van der Waals surface area contributed by atoms with Crippen LogP contribution in [0, 0.1) is 0 Å². The summed E-state index contributed by atoms with van der Waals surface area (Å²) in [6.45, 7) is 5.57. The minimum absolute atomic E-state index is 0.366. The number of rotatable bonds is 2. The van der Waals surface area contributed by atoms with E-state index < -0.39 is 5.60 Å². The number of hydrogen-bond acceptors (Lipinski definition) is 2. The molecular formula is C17H19NO2. The molecule has 0 fully saturated rings. The molecule has 0 saturated carbocycles. The van der Waals surface area contributed by atoms with Crippen LogP contribution in [0.3, 0.4) is 0 Å². The quantitative estimate of drug-likeness (QED) is 0.807. The lowest BCUT2D eigenvalue weighted by Crippen LogP contribution is -2.27.